The quantitative estimate of drug-likeness (QED) is 0.774. The topological polar surface area (TPSA) is 129 Å². The first-order valence-corrected chi connectivity index (χ1v) is 8.59. The minimum atomic E-state index is -0.729. The number of primary amides is 3. The van der Waals surface area contributed by atoms with Crippen LogP contribution in [0, 0.1) is 11.3 Å². The molecule has 25 heavy (non-hydrogen) atoms. The van der Waals surface area contributed by atoms with Crippen molar-refractivity contribution in [3.63, 3.8) is 0 Å². The smallest absolute Gasteiger partial charge is 0.249 e. The lowest BCUT2D eigenvalue weighted by Crippen LogP contribution is -2.28. The van der Waals surface area contributed by atoms with E-state index in [0.29, 0.717) is 11.5 Å². The molecular formula is C19H27N3O3. The lowest BCUT2D eigenvalue weighted by molar-refractivity contribution is 0.0995. The third-order valence-corrected chi connectivity index (χ3v) is 5.36. The van der Waals surface area contributed by atoms with Gasteiger partial charge in [-0.1, -0.05) is 20.8 Å². The van der Waals surface area contributed by atoms with Crippen LogP contribution >= 0.6 is 0 Å². The molecular weight excluding hydrogens is 318 g/mol. The molecule has 0 aliphatic heterocycles. The molecule has 3 amide bonds. The van der Waals surface area contributed by atoms with E-state index in [1.54, 1.807) is 0 Å². The van der Waals surface area contributed by atoms with Crippen molar-refractivity contribution < 1.29 is 14.4 Å². The summed E-state index contributed by atoms with van der Waals surface area (Å²) in [6.07, 6.45) is 3.70. The minimum Gasteiger partial charge on any atom is -0.366 e. The number of carbonyl (C=O) groups excluding carboxylic acids is 3. The van der Waals surface area contributed by atoms with Gasteiger partial charge < -0.3 is 17.2 Å². The monoisotopic (exact) mass is 345 g/mol. The van der Waals surface area contributed by atoms with Crippen molar-refractivity contribution in [1.82, 2.24) is 0 Å². The Morgan fingerprint density at radius 1 is 0.840 bits per heavy atom. The Morgan fingerprint density at radius 3 is 1.60 bits per heavy atom. The Bertz CT molecular complexity index is 676. The van der Waals surface area contributed by atoms with E-state index in [1.165, 1.54) is 12.1 Å². The Labute approximate surface area is 148 Å². The maximum Gasteiger partial charge on any atom is 0.249 e. The first-order valence-electron chi connectivity index (χ1n) is 8.59. The highest BCUT2D eigenvalue weighted by molar-refractivity contribution is 6.05. The van der Waals surface area contributed by atoms with Gasteiger partial charge in [-0.3, -0.25) is 14.4 Å². The molecule has 1 aromatic carbocycles. The fraction of sp³-hybridized carbons (Fsp3) is 0.526. The highest BCUT2D eigenvalue weighted by atomic mass is 16.2. The molecule has 2 rings (SSSR count). The van der Waals surface area contributed by atoms with Crippen LogP contribution in [-0.2, 0) is 0 Å². The van der Waals surface area contributed by atoms with Gasteiger partial charge in [-0.2, -0.15) is 0 Å². The second kappa shape index (κ2) is 6.86. The standard InChI is InChI=1S/C19H27N3O3/c1-19(2,3)12-6-4-10(5-7-12)15-13(17(21)24)8-11(16(20)23)9-14(15)18(22)25/h8-10,12H,4-7H2,1-3H3,(H2,20,23)(H2,21,24)(H2,22,25)/t10-,12+. The predicted molar refractivity (Wildman–Crippen MR) is 96.1 cm³/mol. The molecule has 6 N–H and O–H groups in total. The number of hydrogen-bond donors (Lipinski definition) is 3. The van der Waals surface area contributed by atoms with E-state index >= 15 is 0 Å². The summed E-state index contributed by atoms with van der Waals surface area (Å²) in [5.74, 6) is -1.49. The second-order valence-corrected chi connectivity index (χ2v) is 7.99. The maximum absolute atomic E-state index is 12.0. The van der Waals surface area contributed by atoms with Crippen LogP contribution in [0.2, 0.25) is 0 Å². The van der Waals surface area contributed by atoms with Crippen molar-refractivity contribution in [3.8, 4) is 0 Å². The third kappa shape index (κ3) is 4.00. The van der Waals surface area contributed by atoms with Gasteiger partial charge in [0.1, 0.15) is 0 Å². The van der Waals surface area contributed by atoms with Gasteiger partial charge in [-0.05, 0) is 60.6 Å². The number of rotatable bonds is 4. The van der Waals surface area contributed by atoms with E-state index in [9.17, 15) is 14.4 Å². The number of hydrogen-bond acceptors (Lipinski definition) is 3. The van der Waals surface area contributed by atoms with Gasteiger partial charge in [-0.15, -0.1) is 0 Å². The lowest BCUT2D eigenvalue weighted by Gasteiger charge is -2.37. The highest BCUT2D eigenvalue weighted by Gasteiger charge is 2.33. The van der Waals surface area contributed by atoms with Crippen LogP contribution in [0.5, 0.6) is 0 Å². The minimum absolute atomic E-state index is 0.0190. The van der Waals surface area contributed by atoms with Gasteiger partial charge in [0.05, 0.1) is 0 Å². The molecule has 1 fully saturated rings. The largest absolute Gasteiger partial charge is 0.366 e. The van der Waals surface area contributed by atoms with Crippen molar-refractivity contribution in [2.45, 2.75) is 52.4 Å². The summed E-state index contributed by atoms with van der Waals surface area (Å²) in [5.41, 5.74) is 17.5. The highest BCUT2D eigenvalue weighted by Crippen LogP contribution is 2.44. The summed E-state index contributed by atoms with van der Waals surface area (Å²) in [6, 6.07) is 2.75. The Morgan fingerprint density at radius 2 is 1.28 bits per heavy atom. The molecule has 1 aliphatic carbocycles. The van der Waals surface area contributed by atoms with Crippen molar-refractivity contribution >= 4 is 17.7 Å². The van der Waals surface area contributed by atoms with Crippen LogP contribution < -0.4 is 17.2 Å². The van der Waals surface area contributed by atoms with Crippen molar-refractivity contribution in [3.05, 3.63) is 34.4 Å². The summed E-state index contributed by atoms with van der Waals surface area (Å²) >= 11 is 0. The number of carbonyl (C=O) groups is 3. The lowest BCUT2D eigenvalue weighted by atomic mass is 9.67. The SMILES string of the molecule is CC(C)(C)[C@H]1CC[C@@H](c2c(C(N)=O)cc(C(N)=O)cc2C(N)=O)CC1. The summed E-state index contributed by atoms with van der Waals surface area (Å²) in [5, 5.41) is 0. The molecule has 0 saturated heterocycles. The molecule has 0 bridgehead atoms. The fourth-order valence-electron chi connectivity index (χ4n) is 3.89. The Kier molecular flexibility index (Phi) is 5.20. The van der Waals surface area contributed by atoms with Crippen LogP contribution in [0.4, 0.5) is 0 Å². The van der Waals surface area contributed by atoms with Crippen LogP contribution in [0.1, 0.15) is 89.0 Å². The molecule has 6 heteroatoms. The van der Waals surface area contributed by atoms with E-state index in [1.807, 2.05) is 0 Å². The van der Waals surface area contributed by atoms with Crippen molar-refractivity contribution in [2.75, 3.05) is 0 Å². The second-order valence-electron chi connectivity index (χ2n) is 7.99. The van der Waals surface area contributed by atoms with E-state index in [-0.39, 0.29) is 28.0 Å². The summed E-state index contributed by atoms with van der Waals surface area (Å²) < 4.78 is 0. The summed E-state index contributed by atoms with van der Waals surface area (Å²) in [7, 11) is 0. The van der Waals surface area contributed by atoms with E-state index in [0.717, 1.165) is 25.7 Å². The van der Waals surface area contributed by atoms with E-state index in [2.05, 4.69) is 20.8 Å². The first-order chi connectivity index (χ1) is 11.5. The molecule has 0 atom stereocenters. The molecule has 6 nitrogen and oxygen atoms in total. The summed E-state index contributed by atoms with van der Waals surface area (Å²) in [6.45, 7) is 6.68. The van der Waals surface area contributed by atoms with E-state index < -0.39 is 17.7 Å². The molecule has 1 aromatic rings. The van der Waals surface area contributed by atoms with Crippen LogP contribution in [0.3, 0.4) is 0 Å². The number of benzene rings is 1. The molecule has 0 unspecified atom stereocenters. The average Bonchev–Trinajstić information content (AvgIpc) is 2.52. The normalized spacial score (nSPS) is 20.9. The van der Waals surface area contributed by atoms with Gasteiger partial charge >= 0.3 is 0 Å². The zero-order valence-corrected chi connectivity index (χ0v) is 15.1. The predicted octanol–water partition coefficient (Wildman–Crippen LogP) is 2.30. The molecule has 136 valence electrons. The third-order valence-electron chi connectivity index (χ3n) is 5.36. The van der Waals surface area contributed by atoms with Crippen LogP contribution in [0.15, 0.2) is 12.1 Å². The molecule has 1 saturated carbocycles. The molecule has 0 heterocycles. The van der Waals surface area contributed by atoms with Gasteiger partial charge in [0.2, 0.25) is 17.7 Å². The maximum atomic E-state index is 12.0. The summed E-state index contributed by atoms with van der Waals surface area (Å²) in [4.78, 5) is 35.4. The zero-order chi connectivity index (χ0) is 18.9. The Balaban J connectivity index is 2.48. The zero-order valence-electron chi connectivity index (χ0n) is 15.1. The van der Waals surface area contributed by atoms with Gasteiger partial charge in [0.25, 0.3) is 0 Å². The van der Waals surface area contributed by atoms with Gasteiger partial charge in [0.15, 0.2) is 0 Å². The fourth-order valence-corrected chi connectivity index (χ4v) is 3.89. The van der Waals surface area contributed by atoms with Crippen molar-refractivity contribution in [2.24, 2.45) is 28.5 Å². The van der Waals surface area contributed by atoms with Gasteiger partial charge in [0, 0.05) is 16.7 Å². The molecule has 0 radical (unpaired) electrons. The van der Waals surface area contributed by atoms with Crippen LogP contribution in [0.25, 0.3) is 0 Å². The Hall–Kier alpha value is -2.37. The molecule has 0 aromatic heterocycles. The average molecular weight is 345 g/mol. The molecule has 1 aliphatic rings. The van der Waals surface area contributed by atoms with Crippen molar-refractivity contribution in [1.29, 1.82) is 0 Å². The van der Waals surface area contributed by atoms with Crippen LogP contribution in [-0.4, -0.2) is 17.7 Å². The number of nitrogens with two attached hydrogens (primary N) is 3. The van der Waals surface area contributed by atoms with E-state index in [4.69, 9.17) is 17.2 Å². The molecule has 0 spiro atoms. The first kappa shape index (κ1) is 19.0. The van der Waals surface area contributed by atoms with Gasteiger partial charge in [-0.25, -0.2) is 0 Å². The number of amides is 3.